The van der Waals surface area contributed by atoms with Crippen molar-refractivity contribution < 1.29 is 30.4 Å². The highest BCUT2D eigenvalue weighted by Gasteiger charge is 2.39. The third-order valence-electron chi connectivity index (χ3n) is 5.84. The highest BCUT2D eigenvalue weighted by molar-refractivity contribution is 7.89. The maximum absolute atomic E-state index is 14.6. The van der Waals surface area contributed by atoms with Crippen LogP contribution in [0.3, 0.4) is 0 Å². The number of aryl methyl sites for hydroxylation is 1. The maximum Gasteiger partial charge on any atom is 0.266 e. The van der Waals surface area contributed by atoms with Crippen molar-refractivity contribution in [2.75, 3.05) is 18.4 Å². The van der Waals surface area contributed by atoms with Crippen LogP contribution in [-0.2, 0) is 10.0 Å². The maximum atomic E-state index is 14.6. The number of sulfonamides is 1. The molecule has 3 heterocycles. The van der Waals surface area contributed by atoms with E-state index in [0.717, 1.165) is 10.4 Å². The molecule has 2 aromatic heterocycles. The van der Waals surface area contributed by atoms with Gasteiger partial charge in [0.05, 0.1) is 23.3 Å². The van der Waals surface area contributed by atoms with Crippen molar-refractivity contribution in [1.29, 1.82) is 0 Å². The minimum atomic E-state index is -4.17. The molecule has 0 aliphatic carbocycles. The van der Waals surface area contributed by atoms with Crippen molar-refractivity contribution in [2.24, 2.45) is 0 Å². The van der Waals surface area contributed by atoms with Gasteiger partial charge in [-0.05, 0) is 19.9 Å². The molecule has 35 heavy (non-hydrogen) atoms. The van der Waals surface area contributed by atoms with E-state index in [1.54, 1.807) is 13.8 Å². The zero-order valence-electron chi connectivity index (χ0n) is 18.8. The number of aromatic nitrogens is 3. The molecule has 0 amide bonds. The molecule has 1 N–H and O–H groups in total. The van der Waals surface area contributed by atoms with Crippen LogP contribution in [0.1, 0.15) is 49.2 Å². The smallest absolute Gasteiger partial charge is 0.266 e. The van der Waals surface area contributed by atoms with E-state index in [1.165, 1.54) is 24.4 Å². The Morgan fingerprint density at radius 1 is 1.11 bits per heavy atom. The lowest BCUT2D eigenvalue weighted by atomic mass is 10.0. The molecule has 13 heteroatoms. The molecule has 188 valence electrons. The number of hydrogen-bond acceptors (Lipinski definition) is 6. The van der Waals surface area contributed by atoms with Crippen molar-refractivity contribution in [1.82, 2.24) is 19.3 Å². The van der Waals surface area contributed by atoms with Crippen LogP contribution in [0.2, 0.25) is 0 Å². The zero-order chi connectivity index (χ0) is 25.5. The van der Waals surface area contributed by atoms with Gasteiger partial charge in [0.1, 0.15) is 17.5 Å². The number of halogens is 5. The molecule has 0 radical (unpaired) electrons. The van der Waals surface area contributed by atoms with Gasteiger partial charge in [0.2, 0.25) is 0 Å². The second kappa shape index (κ2) is 9.26. The molecule has 0 bridgehead atoms. The van der Waals surface area contributed by atoms with E-state index < -0.39 is 52.6 Å². The van der Waals surface area contributed by atoms with Gasteiger partial charge in [-0.3, -0.25) is 0 Å². The van der Waals surface area contributed by atoms with E-state index in [-0.39, 0.29) is 40.4 Å². The average Bonchev–Trinajstić information content (AvgIpc) is 2.78. The molecule has 0 saturated carbocycles. The molecule has 4 rings (SSSR count). The number of pyridine rings is 1. The van der Waals surface area contributed by atoms with Gasteiger partial charge in [-0.25, -0.2) is 45.3 Å². The van der Waals surface area contributed by atoms with Crippen LogP contribution < -0.4 is 5.32 Å². The minimum Gasteiger partial charge on any atom is -0.363 e. The Morgan fingerprint density at radius 3 is 2.43 bits per heavy atom. The van der Waals surface area contributed by atoms with Gasteiger partial charge in [-0.2, -0.15) is 4.31 Å². The van der Waals surface area contributed by atoms with Crippen LogP contribution in [0.5, 0.6) is 0 Å². The van der Waals surface area contributed by atoms with Crippen molar-refractivity contribution in [3.8, 4) is 0 Å². The van der Waals surface area contributed by atoms with Gasteiger partial charge in [-0.1, -0.05) is 18.2 Å². The summed E-state index contributed by atoms with van der Waals surface area (Å²) in [5.74, 6) is -3.52. The monoisotopic (exact) mass is 515 g/mol. The molecule has 1 atom stereocenters. The second-order valence-electron chi connectivity index (χ2n) is 8.34. The molecular weight excluding hydrogens is 493 g/mol. The van der Waals surface area contributed by atoms with Gasteiger partial charge >= 0.3 is 0 Å². The Bertz CT molecular complexity index is 1360. The van der Waals surface area contributed by atoms with Crippen molar-refractivity contribution in [3.63, 3.8) is 0 Å². The second-order valence-corrected chi connectivity index (χ2v) is 10.2. The summed E-state index contributed by atoms with van der Waals surface area (Å²) < 4.78 is 94.9. The number of anilines is 1. The minimum absolute atomic E-state index is 0.0247. The Kier molecular flexibility index (Phi) is 6.66. The van der Waals surface area contributed by atoms with E-state index in [0.29, 0.717) is 5.82 Å². The summed E-state index contributed by atoms with van der Waals surface area (Å²) in [6, 6.07) is 4.08. The third-order valence-corrected chi connectivity index (χ3v) is 7.64. The summed E-state index contributed by atoms with van der Waals surface area (Å²) in [6.07, 6.45) is -2.94. The number of benzene rings is 1. The Labute approximate surface area is 198 Å². The summed E-state index contributed by atoms with van der Waals surface area (Å²) in [5.41, 5.74) is -0.467. The third kappa shape index (κ3) is 5.06. The van der Waals surface area contributed by atoms with Crippen LogP contribution in [0.4, 0.5) is 27.8 Å². The summed E-state index contributed by atoms with van der Waals surface area (Å²) in [6.45, 7) is 2.44. The van der Waals surface area contributed by atoms with E-state index in [1.807, 2.05) is 0 Å². The predicted molar refractivity (Wildman–Crippen MR) is 118 cm³/mol. The number of piperidine rings is 1. The van der Waals surface area contributed by atoms with Crippen LogP contribution in [0.15, 0.2) is 35.5 Å². The first kappa shape index (κ1) is 25.2. The number of nitrogens with zero attached hydrogens (tertiary/aromatic N) is 4. The quantitative estimate of drug-likeness (QED) is 0.465. The normalized spacial score (nSPS) is 17.6. The van der Waals surface area contributed by atoms with Gasteiger partial charge in [-0.15, -0.1) is 0 Å². The molecule has 0 unspecified atom stereocenters. The fraction of sp³-hybridized carbons (Fsp3) is 0.409. The molecule has 7 nitrogen and oxygen atoms in total. The van der Waals surface area contributed by atoms with Crippen molar-refractivity contribution in [2.45, 2.75) is 50.1 Å². The van der Waals surface area contributed by atoms with E-state index in [2.05, 4.69) is 20.3 Å². The fourth-order valence-electron chi connectivity index (χ4n) is 3.92. The zero-order valence-corrected chi connectivity index (χ0v) is 19.6. The van der Waals surface area contributed by atoms with Gasteiger partial charge < -0.3 is 5.32 Å². The Balaban J connectivity index is 1.70. The fourth-order valence-corrected chi connectivity index (χ4v) is 5.30. The van der Waals surface area contributed by atoms with Gasteiger partial charge in [0, 0.05) is 36.9 Å². The molecule has 1 aliphatic rings. The van der Waals surface area contributed by atoms with Crippen LogP contribution in [0, 0.1) is 12.7 Å². The first-order chi connectivity index (χ1) is 16.4. The van der Waals surface area contributed by atoms with Crippen molar-refractivity contribution in [3.05, 3.63) is 53.2 Å². The molecule has 1 saturated heterocycles. The number of hydrogen-bond donors (Lipinski definition) is 1. The Morgan fingerprint density at radius 2 is 1.77 bits per heavy atom. The van der Waals surface area contributed by atoms with Crippen LogP contribution in [-0.4, -0.2) is 46.7 Å². The summed E-state index contributed by atoms with van der Waals surface area (Å²) in [7, 11) is -4.17. The molecule has 0 spiro atoms. The topological polar surface area (TPSA) is 88.1 Å². The number of nitrogens with one attached hydrogen (secondary N) is 1. The number of alkyl halides is 4. The van der Waals surface area contributed by atoms with Crippen LogP contribution in [0.25, 0.3) is 10.9 Å². The highest BCUT2D eigenvalue weighted by atomic mass is 32.2. The highest BCUT2D eigenvalue weighted by Crippen LogP contribution is 2.33. The van der Waals surface area contributed by atoms with E-state index in [9.17, 15) is 30.4 Å². The predicted octanol–water partition coefficient (Wildman–Crippen LogP) is 5.00. The lowest BCUT2D eigenvalue weighted by Gasteiger charge is -2.30. The molecule has 3 aromatic rings. The summed E-state index contributed by atoms with van der Waals surface area (Å²) in [4.78, 5) is 12.5. The van der Waals surface area contributed by atoms with E-state index in [4.69, 9.17) is 0 Å². The largest absolute Gasteiger partial charge is 0.363 e. The molecule has 1 aromatic carbocycles. The standard InChI is InChI=1S/C22H22F5N5O2S/c1-12(14-4-3-5-15(19(14)23)20(24)25)29-21-16-10-18(28-11-17(16)30-13(2)31-21)35(33,34)32-8-6-22(26,27)7-9-32/h3-5,10-12,20H,6-9H2,1-2H3,(H,29,30,31)/t12-/m1/s1. The SMILES string of the molecule is Cc1nc(N[C@H](C)c2cccc(C(F)F)c2F)c2cc(S(=O)(=O)N3CCC(F)(F)CC3)ncc2n1. The molecule has 1 fully saturated rings. The average molecular weight is 516 g/mol. The van der Waals surface area contributed by atoms with Crippen molar-refractivity contribution >= 4 is 26.7 Å². The molecule has 1 aliphatic heterocycles. The number of fused-ring (bicyclic) bond motifs is 1. The lowest BCUT2D eigenvalue weighted by molar-refractivity contribution is -0.0412. The lowest BCUT2D eigenvalue weighted by Crippen LogP contribution is -2.42. The van der Waals surface area contributed by atoms with E-state index >= 15 is 0 Å². The summed E-state index contributed by atoms with van der Waals surface area (Å²) in [5, 5.41) is 2.82. The van der Waals surface area contributed by atoms with Gasteiger partial charge in [0.25, 0.3) is 22.4 Å². The number of rotatable bonds is 6. The first-order valence-electron chi connectivity index (χ1n) is 10.7. The van der Waals surface area contributed by atoms with Gasteiger partial charge in [0.15, 0.2) is 5.03 Å². The first-order valence-corrected chi connectivity index (χ1v) is 12.2. The van der Waals surface area contributed by atoms with Crippen LogP contribution >= 0.6 is 0 Å². The molecular formula is C22H22F5N5O2S. The summed E-state index contributed by atoms with van der Waals surface area (Å²) >= 11 is 0. The Hall–Kier alpha value is -2.93.